The number of hydrogen-bond donors (Lipinski definition) is 8. The van der Waals surface area contributed by atoms with Crippen LogP contribution in [0.1, 0.15) is 133 Å². The van der Waals surface area contributed by atoms with E-state index >= 15 is 0 Å². The Morgan fingerprint density at radius 2 is 1.25 bits per heavy atom. The molecular weight excluding hydrogens is 918 g/mol. The number of nitrogens with one attached hydrogen (secondary N) is 1. The van der Waals surface area contributed by atoms with Gasteiger partial charge in [-0.05, 0) is 81.9 Å². The van der Waals surface area contributed by atoms with Gasteiger partial charge in [0.1, 0.15) is 0 Å². The van der Waals surface area contributed by atoms with Gasteiger partial charge in [0, 0.05) is 108 Å². The first-order chi connectivity index (χ1) is 30.9. The van der Waals surface area contributed by atoms with Crippen molar-refractivity contribution in [2.45, 2.75) is 151 Å². The number of rotatable bonds is 20. The summed E-state index contributed by atoms with van der Waals surface area (Å²) >= 11 is 0. The molecule has 19 nitrogen and oxygen atoms in total. The Balaban J connectivity index is 0.0000101. The van der Waals surface area contributed by atoms with E-state index in [4.69, 9.17) is 54.7 Å². The number of aliphatic hydroxyl groups is 1. The van der Waals surface area contributed by atoms with Gasteiger partial charge in [0.05, 0.1) is 17.3 Å². The molecule has 0 aliphatic carbocycles. The van der Waals surface area contributed by atoms with Crippen LogP contribution in [-0.2, 0) is 50.3 Å². The van der Waals surface area contributed by atoms with E-state index in [9.17, 15) is 38.7 Å². The molecule has 0 aromatic heterocycles. The van der Waals surface area contributed by atoms with Crippen LogP contribution < -0.4 is 39.7 Å². The smallest absolute Gasteiger partial charge is 0.682 e. The summed E-state index contributed by atoms with van der Waals surface area (Å²) in [5, 5.41) is 18.3. The second-order valence-electron chi connectivity index (χ2n) is 21.1. The van der Waals surface area contributed by atoms with Crippen LogP contribution in [-0.4, -0.2) is 87.8 Å². The largest absolute Gasteiger partial charge is 3.00 e. The average molecular weight is 990 g/mol. The molecule has 20 heteroatoms. The molecular formula is C48H72CoN11O8+2. The van der Waals surface area contributed by atoms with Gasteiger partial charge >= 0.3 is 16.8 Å². The summed E-state index contributed by atoms with van der Waals surface area (Å²) in [7, 11) is 0. The van der Waals surface area contributed by atoms with Gasteiger partial charge in [0.15, 0.2) is 0 Å². The third-order valence-electron chi connectivity index (χ3n) is 16.0. The molecule has 5 aliphatic heterocycles. The Hall–Kier alpha value is -5.21. The van der Waals surface area contributed by atoms with Gasteiger partial charge in [-0.15, -0.1) is 0 Å². The molecule has 5 rings (SSSR count). The van der Waals surface area contributed by atoms with E-state index in [0.29, 0.717) is 51.8 Å². The van der Waals surface area contributed by atoms with Crippen LogP contribution in [0.5, 0.6) is 0 Å². The Kier molecular flexibility index (Phi) is 16.6. The Bertz CT molecular complexity index is 2320. The SMILES string of the molecule is C/C1=C2/[N-]C([C@H](CC(N)=O)[C@@]2(C)CCC(=O)NCC(C)O)[C@]2(C)N=C(/C(C)=C3N=C(/C=C4N=C1[C@@H](CCC(N)=O)C\4(C)C)[C@@H](CCC(N)=O)[C@]\3(C)CC(N)=O)[C@@H](CCC(N)=O)[C@]2(C)CC(N)=O.[Co+3]. The van der Waals surface area contributed by atoms with Crippen molar-refractivity contribution >= 4 is 58.5 Å². The van der Waals surface area contributed by atoms with Crippen LogP contribution in [0.3, 0.4) is 0 Å². The molecule has 8 bridgehead atoms. The van der Waals surface area contributed by atoms with Crippen molar-refractivity contribution in [3.63, 3.8) is 0 Å². The number of carbonyl (C=O) groups excluding carboxylic acids is 7. The predicted molar refractivity (Wildman–Crippen MR) is 254 cm³/mol. The summed E-state index contributed by atoms with van der Waals surface area (Å²) in [5.41, 5.74) is 34.4. The maximum absolute atomic E-state index is 13.5. The molecule has 2 unspecified atom stereocenters. The molecule has 0 saturated carbocycles. The number of fused-ring (bicyclic) bond motifs is 6. The number of hydrogen-bond acceptors (Lipinski definition) is 11. The summed E-state index contributed by atoms with van der Waals surface area (Å²) in [6.07, 6.45) is 1.02. The number of allylic oxidation sites excluding steroid dienone is 6. The Labute approximate surface area is 409 Å². The Morgan fingerprint density at radius 1 is 0.706 bits per heavy atom. The molecule has 14 N–H and O–H groups in total. The van der Waals surface area contributed by atoms with Crippen molar-refractivity contribution in [1.82, 2.24) is 5.32 Å². The number of primary amides is 6. The molecule has 1 fully saturated rings. The zero-order valence-corrected chi connectivity index (χ0v) is 42.0. The van der Waals surface area contributed by atoms with Crippen LogP contribution >= 0.6 is 0 Å². The molecule has 5 heterocycles. The molecule has 0 aromatic rings. The summed E-state index contributed by atoms with van der Waals surface area (Å²) in [6.45, 7) is 16.8. The van der Waals surface area contributed by atoms with Gasteiger partial charge < -0.3 is 50.1 Å². The van der Waals surface area contributed by atoms with E-state index in [1.54, 1.807) is 6.92 Å². The van der Waals surface area contributed by atoms with Gasteiger partial charge in [-0.2, -0.15) is 5.70 Å². The van der Waals surface area contributed by atoms with Crippen LogP contribution in [0, 0.1) is 45.3 Å². The van der Waals surface area contributed by atoms with Gasteiger partial charge in [0.25, 0.3) is 0 Å². The number of amides is 7. The first kappa shape index (κ1) is 55.4. The predicted octanol–water partition coefficient (Wildman–Crippen LogP) is 2.52. The number of aliphatic hydroxyl groups excluding tert-OH is 1. The minimum Gasteiger partial charge on any atom is -0.682 e. The number of nitrogens with two attached hydrogens (primary N) is 6. The summed E-state index contributed by atoms with van der Waals surface area (Å²) in [6, 6.07) is -0.923. The van der Waals surface area contributed by atoms with E-state index in [0.717, 1.165) is 0 Å². The van der Waals surface area contributed by atoms with E-state index in [1.807, 2.05) is 61.5 Å². The first-order valence-electron chi connectivity index (χ1n) is 23.2. The van der Waals surface area contributed by atoms with Crippen LogP contribution in [0.15, 0.2) is 49.3 Å². The summed E-state index contributed by atoms with van der Waals surface area (Å²) < 4.78 is 0. The topological polar surface area (TPSA) is 359 Å². The molecule has 374 valence electrons. The van der Waals surface area contributed by atoms with E-state index in [2.05, 4.69) is 5.32 Å². The minimum absolute atomic E-state index is 0. The molecule has 0 aromatic carbocycles. The number of nitrogens with zero attached hydrogens (tertiary/aromatic N) is 4. The fourth-order valence-corrected chi connectivity index (χ4v) is 12.2. The van der Waals surface area contributed by atoms with Crippen LogP contribution in [0.2, 0.25) is 0 Å². The third-order valence-corrected chi connectivity index (χ3v) is 16.0. The molecule has 5 aliphatic rings. The van der Waals surface area contributed by atoms with Crippen molar-refractivity contribution in [3.8, 4) is 0 Å². The molecule has 10 atom stereocenters. The van der Waals surface area contributed by atoms with Gasteiger partial charge in [-0.1, -0.05) is 40.7 Å². The molecule has 7 amide bonds. The van der Waals surface area contributed by atoms with E-state index in [1.165, 1.54) is 0 Å². The average Bonchev–Trinajstić information content (AvgIpc) is 3.80. The molecule has 0 spiro atoms. The normalized spacial score (nSPS) is 34.6. The zero-order valence-electron chi connectivity index (χ0n) is 40.9. The van der Waals surface area contributed by atoms with Crippen molar-refractivity contribution in [2.75, 3.05) is 6.54 Å². The fourth-order valence-electron chi connectivity index (χ4n) is 12.2. The fraction of sp³-hybridized carbons (Fsp3) is 0.667. The maximum atomic E-state index is 13.5. The molecule has 0 radical (unpaired) electrons. The Morgan fingerprint density at radius 3 is 1.76 bits per heavy atom. The van der Waals surface area contributed by atoms with E-state index < -0.39 is 98.5 Å². The number of carbonyl (C=O) groups is 7. The van der Waals surface area contributed by atoms with E-state index in [-0.39, 0.29) is 93.4 Å². The summed E-state index contributed by atoms with van der Waals surface area (Å²) in [5.74, 6) is -6.42. The third kappa shape index (κ3) is 10.4. The molecule has 1 saturated heterocycles. The number of aliphatic imine (C=N–C) groups is 3. The monoisotopic (exact) mass is 989 g/mol. The molecule has 68 heavy (non-hydrogen) atoms. The van der Waals surface area contributed by atoms with Crippen molar-refractivity contribution < 1.29 is 55.4 Å². The second-order valence-corrected chi connectivity index (χ2v) is 21.1. The quantitative estimate of drug-likeness (QED) is 0.0894. The summed E-state index contributed by atoms with van der Waals surface area (Å²) in [4.78, 5) is 108. The van der Waals surface area contributed by atoms with Crippen LogP contribution in [0.4, 0.5) is 0 Å². The van der Waals surface area contributed by atoms with Crippen molar-refractivity contribution in [3.05, 3.63) is 39.6 Å². The van der Waals surface area contributed by atoms with Gasteiger partial charge in [-0.3, -0.25) is 48.5 Å². The first-order valence-corrected chi connectivity index (χ1v) is 23.2. The zero-order chi connectivity index (χ0) is 50.4. The van der Waals surface area contributed by atoms with Gasteiger partial charge in [-0.25, -0.2) is 0 Å². The van der Waals surface area contributed by atoms with Crippen molar-refractivity contribution in [1.29, 1.82) is 0 Å². The minimum atomic E-state index is -1.40. The van der Waals surface area contributed by atoms with Crippen molar-refractivity contribution in [2.24, 2.45) is 94.7 Å². The second kappa shape index (κ2) is 20.4. The maximum Gasteiger partial charge on any atom is 3.00 e. The van der Waals surface area contributed by atoms with Crippen LogP contribution in [0.25, 0.3) is 5.32 Å². The van der Waals surface area contributed by atoms with Gasteiger partial charge in [0.2, 0.25) is 41.4 Å². The standard InChI is InChI=1S/C48H73N11O8.Co/c1-23(60)22-55-38(67)16-17-45(6)29(18-35(52)64)43-48(9)47(8,21-37(54)66)28(12-15-34(51)63)40(59-48)25(3)42-46(7,20-36(53)65)26(10-13-32(49)61)30(56-42)19-31-44(4,5)27(11-14-33(50)62)39(57-31)24(2)41(45)58-43;/h19,23,26-29,43,60H,10-18,20-22H2,1-9H3,(H14,49,50,51,52,53,54,55,56,57,58,59,61,62,63,64,65,66,67);/q;+3/p-1/t23?,26-,27-,28-,29+,43?,45-,46+,47+,48+;/m1./s1.